The van der Waals surface area contributed by atoms with Gasteiger partial charge in [-0.25, -0.2) is 4.98 Å². The molecule has 0 unspecified atom stereocenters. The number of aryl methyl sites for hydroxylation is 1. The van der Waals surface area contributed by atoms with Gasteiger partial charge in [-0.3, -0.25) is 5.10 Å². The van der Waals surface area contributed by atoms with Crippen LogP contribution in [-0.2, 0) is 6.18 Å². The van der Waals surface area contributed by atoms with Gasteiger partial charge >= 0.3 is 6.18 Å². The summed E-state index contributed by atoms with van der Waals surface area (Å²) in [7, 11) is 0. The molecule has 39 heavy (non-hydrogen) atoms. The highest BCUT2D eigenvalue weighted by Crippen LogP contribution is 2.43. The lowest BCUT2D eigenvalue weighted by molar-refractivity contribution is -0.153. The molecule has 0 bridgehead atoms. The lowest BCUT2D eigenvalue weighted by Crippen LogP contribution is -2.29. The van der Waals surface area contributed by atoms with E-state index in [1.165, 1.54) is 19.6 Å². The molecule has 1 aromatic carbocycles. The number of nitriles is 1. The van der Waals surface area contributed by atoms with Crippen LogP contribution < -0.4 is 4.90 Å². The summed E-state index contributed by atoms with van der Waals surface area (Å²) < 4.78 is 50.9. The van der Waals surface area contributed by atoms with Crippen LogP contribution in [0.15, 0.2) is 57.6 Å². The minimum Gasteiger partial charge on any atom is -0.463 e. The van der Waals surface area contributed by atoms with Crippen molar-refractivity contribution < 1.29 is 22.0 Å². The van der Waals surface area contributed by atoms with Gasteiger partial charge in [0.1, 0.15) is 17.5 Å². The van der Waals surface area contributed by atoms with E-state index in [0.717, 1.165) is 37.7 Å². The van der Waals surface area contributed by atoms with Crippen molar-refractivity contribution in [2.75, 3.05) is 18.0 Å². The van der Waals surface area contributed by atoms with E-state index in [2.05, 4.69) is 26.2 Å². The molecule has 0 spiro atoms. The maximum atomic E-state index is 13.4. The maximum absolute atomic E-state index is 13.4. The van der Waals surface area contributed by atoms with Gasteiger partial charge in [-0.1, -0.05) is 12.1 Å². The lowest BCUT2D eigenvalue weighted by Gasteiger charge is -2.29. The topological polar surface area (TPSA) is 94.9 Å². The summed E-state index contributed by atoms with van der Waals surface area (Å²) in [6.07, 6.45) is 0.346. The van der Waals surface area contributed by atoms with Crippen molar-refractivity contribution in [3.63, 3.8) is 0 Å². The van der Waals surface area contributed by atoms with Crippen LogP contribution >= 0.6 is 12.4 Å². The van der Waals surface area contributed by atoms with Gasteiger partial charge in [-0.2, -0.15) is 23.5 Å². The van der Waals surface area contributed by atoms with Gasteiger partial charge in [-0.15, -0.1) is 12.4 Å². The zero-order chi connectivity index (χ0) is 26.4. The second-order valence-electron chi connectivity index (χ2n) is 9.27. The predicted molar refractivity (Wildman–Crippen MR) is 142 cm³/mol. The molecule has 0 aliphatic carbocycles. The van der Waals surface area contributed by atoms with Crippen LogP contribution in [0.5, 0.6) is 0 Å². The molecular weight excluding hydrogens is 531 g/mol. The Hall–Kier alpha value is -4.23. The van der Waals surface area contributed by atoms with Crippen LogP contribution in [-0.4, -0.2) is 28.3 Å². The number of piperidine rings is 1. The van der Waals surface area contributed by atoms with Crippen LogP contribution in [0, 0.1) is 18.3 Å². The third-order valence-corrected chi connectivity index (χ3v) is 6.91. The Morgan fingerprint density at radius 3 is 2.44 bits per heavy atom. The van der Waals surface area contributed by atoms with Gasteiger partial charge in [0.15, 0.2) is 11.4 Å². The Labute approximate surface area is 227 Å². The summed E-state index contributed by atoms with van der Waals surface area (Å²) >= 11 is 0. The van der Waals surface area contributed by atoms with Crippen molar-refractivity contribution in [2.24, 2.45) is 0 Å². The van der Waals surface area contributed by atoms with Crippen molar-refractivity contribution in [2.45, 2.75) is 32.4 Å². The molecular formula is C28H23ClF3N5O2. The number of anilines is 1. The van der Waals surface area contributed by atoms with Crippen LogP contribution in [0.4, 0.5) is 18.9 Å². The lowest BCUT2D eigenvalue weighted by atomic mass is 9.92. The van der Waals surface area contributed by atoms with E-state index < -0.39 is 11.9 Å². The Kier molecular flexibility index (Phi) is 6.87. The van der Waals surface area contributed by atoms with E-state index in [0.29, 0.717) is 28.0 Å². The van der Waals surface area contributed by atoms with Crippen LogP contribution in [0.2, 0.25) is 0 Å². The molecule has 11 heteroatoms. The highest BCUT2D eigenvalue weighted by atomic mass is 35.5. The smallest absolute Gasteiger partial charge is 0.449 e. The van der Waals surface area contributed by atoms with Gasteiger partial charge in [0.05, 0.1) is 22.9 Å². The normalized spacial score (nSPS) is 13.9. The summed E-state index contributed by atoms with van der Waals surface area (Å²) in [6.45, 7) is 3.39. The molecule has 1 aliphatic heterocycles. The summed E-state index contributed by atoms with van der Waals surface area (Å²) in [5.41, 5.74) is 3.35. The van der Waals surface area contributed by atoms with Gasteiger partial charge < -0.3 is 13.7 Å². The number of halogens is 4. The first-order valence-corrected chi connectivity index (χ1v) is 12.2. The second-order valence-corrected chi connectivity index (χ2v) is 9.27. The second kappa shape index (κ2) is 10.2. The molecule has 5 aromatic rings. The molecule has 6 rings (SSSR count). The van der Waals surface area contributed by atoms with Gasteiger partial charge in [0, 0.05) is 29.9 Å². The SMILES string of the molecule is Cc1oc(C(F)(F)F)cc1-c1nc2n[nH]c(-c3ccco3)c2c(-c2ccc(N3CCCCC3)cc2)c1C#N.Cl. The number of fused-ring (bicyclic) bond motifs is 1. The number of nitrogens with one attached hydrogen (secondary N) is 1. The molecule has 1 fully saturated rings. The molecule has 200 valence electrons. The van der Waals surface area contributed by atoms with Gasteiger partial charge in [0.2, 0.25) is 5.76 Å². The Bertz CT molecular complexity index is 1660. The predicted octanol–water partition coefficient (Wildman–Crippen LogP) is 7.76. The molecule has 7 nitrogen and oxygen atoms in total. The number of alkyl halides is 3. The number of hydrogen-bond donors (Lipinski definition) is 1. The van der Waals surface area contributed by atoms with Gasteiger partial charge in [0.25, 0.3) is 0 Å². The summed E-state index contributed by atoms with van der Waals surface area (Å²) in [5, 5.41) is 18.2. The molecule has 1 saturated heterocycles. The third-order valence-electron chi connectivity index (χ3n) is 6.91. The van der Waals surface area contributed by atoms with Crippen LogP contribution in [0.3, 0.4) is 0 Å². The molecule has 0 amide bonds. The van der Waals surface area contributed by atoms with E-state index in [1.54, 1.807) is 12.1 Å². The largest absolute Gasteiger partial charge is 0.463 e. The number of aromatic nitrogens is 3. The number of nitrogens with zero attached hydrogens (tertiary/aromatic N) is 4. The van der Waals surface area contributed by atoms with E-state index in [-0.39, 0.29) is 40.6 Å². The first-order chi connectivity index (χ1) is 18.3. The summed E-state index contributed by atoms with van der Waals surface area (Å²) in [5.74, 6) is -0.647. The minimum absolute atomic E-state index is 0. The van der Waals surface area contributed by atoms with E-state index >= 15 is 0 Å². The first kappa shape index (κ1) is 26.4. The van der Waals surface area contributed by atoms with Crippen molar-refractivity contribution in [1.82, 2.24) is 15.2 Å². The van der Waals surface area contributed by atoms with Crippen LogP contribution in [0.25, 0.3) is 44.9 Å². The molecule has 0 radical (unpaired) electrons. The van der Waals surface area contributed by atoms with E-state index in [1.807, 2.05) is 24.3 Å². The average Bonchev–Trinajstić information content (AvgIpc) is 3.67. The monoisotopic (exact) mass is 553 g/mol. The minimum atomic E-state index is -4.67. The van der Waals surface area contributed by atoms with Crippen molar-refractivity contribution >= 4 is 29.1 Å². The Balaban J connectivity index is 0.00000308. The Morgan fingerprint density at radius 2 is 1.82 bits per heavy atom. The van der Waals surface area contributed by atoms with E-state index in [4.69, 9.17) is 8.83 Å². The quantitative estimate of drug-likeness (QED) is 0.244. The van der Waals surface area contributed by atoms with Gasteiger partial charge in [-0.05, 0) is 62.1 Å². The zero-order valence-electron chi connectivity index (χ0n) is 20.8. The molecule has 1 N–H and O–H groups in total. The first-order valence-electron chi connectivity index (χ1n) is 12.2. The number of rotatable bonds is 4. The summed E-state index contributed by atoms with van der Waals surface area (Å²) in [6, 6.07) is 14.4. The van der Waals surface area contributed by atoms with Crippen LogP contribution in [0.1, 0.15) is 36.3 Å². The standard InChI is InChI=1S/C28H22F3N5O2.ClH/c1-16-19(14-22(38-16)28(29,30)31)25-20(15-32)23(17-7-9-18(10-8-17)36-11-3-2-4-12-36)24-26(21-6-5-13-37-21)34-35-27(24)33-25;/h5-10,13-14H,2-4,11-12H2,1H3,(H,33,34,35);1H. The third kappa shape index (κ3) is 4.63. The number of pyridine rings is 1. The van der Waals surface area contributed by atoms with Crippen molar-refractivity contribution in [3.8, 4) is 39.9 Å². The molecule has 0 saturated carbocycles. The Morgan fingerprint density at radius 1 is 1.08 bits per heavy atom. The molecule has 1 aliphatic rings. The van der Waals surface area contributed by atoms with E-state index in [9.17, 15) is 18.4 Å². The molecule has 0 atom stereocenters. The highest BCUT2D eigenvalue weighted by molar-refractivity contribution is 6.06. The van der Waals surface area contributed by atoms with Crippen molar-refractivity contribution in [3.05, 3.63) is 65.8 Å². The number of aromatic amines is 1. The fourth-order valence-corrected chi connectivity index (χ4v) is 5.09. The number of furan rings is 2. The molecule has 5 heterocycles. The number of hydrogen-bond acceptors (Lipinski definition) is 6. The zero-order valence-corrected chi connectivity index (χ0v) is 21.6. The average molecular weight is 554 g/mol. The van der Waals surface area contributed by atoms with Crippen molar-refractivity contribution in [1.29, 1.82) is 5.26 Å². The highest BCUT2D eigenvalue weighted by Gasteiger charge is 2.37. The summed E-state index contributed by atoms with van der Waals surface area (Å²) in [4.78, 5) is 6.86. The number of H-pyrrole nitrogens is 1. The maximum Gasteiger partial charge on any atom is 0.449 e. The fourth-order valence-electron chi connectivity index (χ4n) is 5.09. The molecule has 4 aromatic heterocycles. The fraction of sp³-hybridized carbons (Fsp3) is 0.250. The number of benzene rings is 1.